The van der Waals surface area contributed by atoms with Crippen LogP contribution in [0.1, 0.15) is 37.7 Å². The van der Waals surface area contributed by atoms with Crippen LogP contribution in [0, 0.1) is 0 Å². The monoisotopic (exact) mass is 315 g/mol. The molecule has 0 radical (unpaired) electrons. The number of hydrogen-bond donors (Lipinski definition) is 2. The Morgan fingerprint density at radius 2 is 1.91 bits per heavy atom. The minimum Gasteiger partial charge on any atom is -0.493 e. The zero-order valence-electron chi connectivity index (χ0n) is 13.5. The van der Waals surface area contributed by atoms with Gasteiger partial charge in [0.1, 0.15) is 5.75 Å². The van der Waals surface area contributed by atoms with Crippen molar-refractivity contribution in [1.29, 1.82) is 0 Å². The van der Waals surface area contributed by atoms with Gasteiger partial charge in [-0.1, -0.05) is 12.5 Å². The van der Waals surface area contributed by atoms with Crippen LogP contribution in [0.4, 0.5) is 10.5 Å². The molecule has 0 spiro atoms. The maximum atomic E-state index is 12.5. The molecule has 0 aromatic heterocycles. The quantitative estimate of drug-likeness (QED) is 0.902. The topological polar surface area (TPSA) is 53.6 Å². The van der Waals surface area contributed by atoms with E-state index in [0.29, 0.717) is 12.6 Å². The third-order valence-corrected chi connectivity index (χ3v) is 5.34. The van der Waals surface area contributed by atoms with Crippen molar-refractivity contribution in [3.05, 3.63) is 23.8 Å². The van der Waals surface area contributed by atoms with E-state index < -0.39 is 0 Å². The molecular formula is C18H25N3O2. The second-order valence-corrected chi connectivity index (χ2v) is 6.87. The standard InChI is InChI=1S/C18H25N3O2/c22-18(20-16-5-2-6-17-15(16)9-12-23-17)21-10-7-14(8-11-21)19-13-3-1-4-13/h2,5-6,13-14,19H,1,3-4,7-12H2,(H,20,22). The average molecular weight is 315 g/mol. The van der Waals surface area contributed by atoms with E-state index in [9.17, 15) is 4.79 Å². The summed E-state index contributed by atoms with van der Waals surface area (Å²) in [5, 5.41) is 6.80. The number of urea groups is 1. The van der Waals surface area contributed by atoms with Gasteiger partial charge >= 0.3 is 6.03 Å². The van der Waals surface area contributed by atoms with Gasteiger partial charge in [0, 0.05) is 42.8 Å². The predicted octanol–water partition coefficient (Wildman–Crippen LogP) is 2.76. The third kappa shape index (κ3) is 3.15. The second-order valence-electron chi connectivity index (χ2n) is 6.87. The van der Waals surface area contributed by atoms with Crippen LogP contribution in [-0.2, 0) is 6.42 Å². The van der Waals surface area contributed by atoms with E-state index in [1.165, 1.54) is 19.3 Å². The molecule has 1 aliphatic carbocycles. The molecule has 0 bridgehead atoms. The normalized spacial score (nSPS) is 21.5. The molecule has 2 N–H and O–H groups in total. The van der Waals surface area contributed by atoms with E-state index in [1.54, 1.807) is 0 Å². The first-order chi connectivity index (χ1) is 11.3. The number of piperidine rings is 1. The van der Waals surface area contributed by atoms with Crippen LogP contribution in [0.15, 0.2) is 18.2 Å². The lowest BCUT2D eigenvalue weighted by molar-refractivity contribution is 0.179. The maximum Gasteiger partial charge on any atom is 0.321 e. The zero-order chi connectivity index (χ0) is 15.6. The summed E-state index contributed by atoms with van der Waals surface area (Å²) >= 11 is 0. The van der Waals surface area contributed by atoms with E-state index >= 15 is 0 Å². The largest absolute Gasteiger partial charge is 0.493 e. The van der Waals surface area contributed by atoms with Crippen LogP contribution < -0.4 is 15.4 Å². The van der Waals surface area contributed by atoms with Gasteiger partial charge in [0.05, 0.1) is 6.61 Å². The number of rotatable bonds is 3. The molecule has 1 aromatic rings. The Balaban J connectivity index is 1.31. The summed E-state index contributed by atoms with van der Waals surface area (Å²) in [4.78, 5) is 14.5. The Bertz CT molecular complexity index is 578. The smallest absolute Gasteiger partial charge is 0.321 e. The Morgan fingerprint density at radius 1 is 1.13 bits per heavy atom. The number of benzene rings is 1. The Hall–Kier alpha value is -1.75. The van der Waals surface area contributed by atoms with Gasteiger partial charge in [-0.3, -0.25) is 0 Å². The summed E-state index contributed by atoms with van der Waals surface area (Å²) in [5.74, 6) is 0.909. The number of ether oxygens (including phenoxy) is 1. The number of nitrogens with one attached hydrogen (secondary N) is 2. The molecule has 2 fully saturated rings. The Kier molecular flexibility index (Phi) is 4.12. The highest BCUT2D eigenvalue weighted by Gasteiger charge is 2.27. The molecule has 2 aliphatic heterocycles. The van der Waals surface area contributed by atoms with Gasteiger partial charge in [-0.25, -0.2) is 4.79 Å². The van der Waals surface area contributed by atoms with Gasteiger partial charge in [0.25, 0.3) is 0 Å². The average Bonchev–Trinajstić information content (AvgIpc) is 3.01. The molecule has 1 saturated heterocycles. The van der Waals surface area contributed by atoms with Crippen molar-refractivity contribution in [2.75, 3.05) is 25.0 Å². The van der Waals surface area contributed by atoms with Crippen molar-refractivity contribution in [1.82, 2.24) is 10.2 Å². The molecule has 1 saturated carbocycles. The van der Waals surface area contributed by atoms with Crippen molar-refractivity contribution in [3.8, 4) is 5.75 Å². The van der Waals surface area contributed by atoms with Crippen LogP contribution in [0.3, 0.4) is 0 Å². The highest BCUT2D eigenvalue weighted by molar-refractivity contribution is 5.90. The molecule has 0 atom stereocenters. The first-order valence-corrected chi connectivity index (χ1v) is 8.86. The van der Waals surface area contributed by atoms with Gasteiger partial charge in [0.15, 0.2) is 0 Å². The van der Waals surface area contributed by atoms with Crippen molar-refractivity contribution in [2.45, 2.75) is 50.6 Å². The first-order valence-electron chi connectivity index (χ1n) is 8.86. The number of amides is 2. The van der Waals surface area contributed by atoms with Crippen molar-refractivity contribution in [2.24, 2.45) is 0 Å². The summed E-state index contributed by atoms with van der Waals surface area (Å²) in [6.07, 6.45) is 6.99. The lowest BCUT2D eigenvalue weighted by Gasteiger charge is -2.37. The van der Waals surface area contributed by atoms with Crippen molar-refractivity contribution < 1.29 is 9.53 Å². The molecule has 1 aromatic carbocycles. The number of anilines is 1. The van der Waals surface area contributed by atoms with Crippen LogP contribution in [0.25, 0.3) is 0 Å². The predicted molar refractivity (Wildman–Crippen MR) is 90.0 cm³/mol. The molecule has 5 heteroatoms. The van der Waals surface area contributed by atoms with Crippen LogP contribution in [0.2, 0.25) is 0 Å². The molecule has 3 aliphatic rings. The summed E-state index contributed by atoms with van der Waals surface area (Å²) in [7, 11) is 0. The van der Waals surface area contributed by atoms with Gasteiger partial charge in [-0.05, 0) is 37.8 Å². The number of nitrogens with zero attached hydrogens (tertiary/aromatic N) is 1. The van der Waals surface area contributed by atoms with Crippen LogP contribution in [0.5, 0.6) is 5.75 Å². The molecule has 2 heterocycles. The fourth-order valence-corrected chi connectivity index (χ4v) is 3.69. The van der Waals surface area contributed by atoms with E-state index in [4.69, 9.17) is 4.74 Å². The second kappa shape index (κ2) is 6.40. The Morgan fingerprint density at radius 3 is 2.65 bits per heavy atom. The molecule has 2 amide bonds. The molecule has 124 valence electrons. The number of carbonyl (C=O) groups is 1. The van der Waals surface area contributed by atoms with Gasteiger partial charge in [-0.15, -0.1) is 0 Å². The van der Waals surface area contributed by atoms with E-state index in [2.05, 4.69) is 10.6 Å². The molecule has 5 nitrogen and oxygen atoms in total. The SMILES string of the molecule is O=C(Nc1cccc2c1CCO2)N1CCC(NC2CCC2)CC1. The first kappa shape index (κ1) is 14.8. The summed E-state index contributed by atoms with van der Waals surface area (Å²) < 4.78 is 5.56. The molecule has 0 unspecified atom stereocenters. The maximum absolute atomic E-state index is 12.5. The molecule has 4 rings (SSSR count). The van der Waals surface area contributed by atoms with Crippen molar-refractivity contribution >= 4 is 11.7 Å². The number of hydrogen-bond acceptors (Lipinski definition) is 3. The minimum atomic E-state index is 0.0207. The highest BCUT2D eigenvalue weighted by Crippen LogP contribution is 2.31. The summed E-state index contributed by atoms with van der Waals surface area (Å²) in [6.45, 7) is 2.38. The summed E-state index contributed by atoms with van der Waals surface area (Å²) in [5.41, 5.74) is 2.03. The number of carbonyl (C=O) groups excluding carboxylic acids is 1. The van der Waals surface area contributed by atoms with Crippen molar-refractivity contribution in [3.63, 3.8) is 0 Å². The number of fused-ring (bicyclic) bond motifs is 1. The summed E-state index contributed by atoms with van der Waals surface area (Å²) in [6, 6.07) is 7.21. The zero-order valence-corrected chi connectivity index (χ0v) is 13.5. The lowest BCUT2D eigenvalue weighted by atomic mass is 9.91. The van der Waals surface area contributed by atoms with E-state index in [1.807, 2.05) is 23.1 Å². The van der Waals surface area contributed by atoms with E-state index in [0.717, 1.165) is 55.4 Å². The minimum absolute atomic E-state index is 0.0207. The molecule has 23 heavy (non-hydrogen) atoms. The fourth-order valence-electron chi connectivity index (χ4n) is 3.69. The van der Waals surface area contributed by atoms with Gasteiger partial charge in [-0.2, -0.15) is 0 Å². The molecular weight excluding hydrogens is 290 g/mol. The Labute approximate surface area is 137 Å². The lowest BCUT2D eigenvalue weighted by Crippen LogP contribution is -2.50. The highest BCUT2D eigenvalue weighted by atomic mass is 16.5. The van der Waals surface area contributed by atoms with Crippen LogP contribution in [-0.4, -0.2) is 42.7 Å². The van der Waals surface area contributed by atoms with E-state index in [-0.39, 0.29) is 6.03 Å². The fraction of sp³-hybridized carbons (Fsp3) is 0.611. The number of likely N-dealkylation sites (tertiary alicyclic amines) is 1. The third-order valence-electron chi connectivity index (χ3n) is 5.34. The van der Waals surface area contributed by atoms with Gasteiger partial charge < -0.3 is 20.3 Å². The van der Waals surface area contributed by atoms with Gasteiger partial charge in [0.2, 0.25) is 0 Å². The van der Waals surface area contributed by atoms with Crippen LogP contribution >= 0.6 is 0 Å².